The summed E-state index contributed by atoms with van der Waals surface area (Å²) in [6.07, 6.45) is 1.08. The molecule has 0 aliphatic carbocycles. The molecular weight excluding hydrogens is 420 g/mol. The highest BCUT2D eigenvalue weighted by atomic mass is 79.9. The third-order valence-electron chi connectivity index (χ3n) is 4.70. The molecule has 2 aliphatic rings. The van der Waals surface area contributed by atoms with Gasteiger partial charge in [0.25, 0.3) is 5.72 Å². The topological polar surface area (TPSA) is 26.5 Å². The van der Waals surface area contributed by atoms with Crippen LogP contribution in [-0.4, -0.2) is 33.7 Å². The fourth-order valence-electron chi connectivity index (χ4n) is 3.39. The van der Waals surface area contributed by atoms with Crippen molar-refractivity contribution in [1.82, 2.24) is 0 Å². The van der Waals surface area contributed by atoms with Gasteiger partial charge < -0.3 is 22.1 Å². The highest BCUT2D eigenvalue weighted by Gasteiger charge is 2.53. The van der Waals surface area contributed by atoms with Crippen molar-refractivity contribution in [2.75, 3.05) is 23.7 Å². The first-order valence-corrected chi connectivity index (χ1v) is 9.54. The number of anilines is 1. The summed E-state index contributed by atoms with van der Waals surface area (Å²) in [5.74, 6) is 1.08. The third kappa shape index (κ3) is 3.35. The molecule has 2 aromatic carbocycles. The second-order valence-corrected chi connectivity index (χ2v) is 7.88. The van der Waals surface area contributed by atoms with E-state index in [1.807, 2.05) is 48.2 Å². The van der Waals surface area contributed by atoms with Crippen LogP contribution in [0.4, 0.5) is 5.69 Å². The van der Waals surface area contributed by atoms with Crippen LogP contribution in [0, 0.1) is 6.92 Å². The predicted molar refractivity (Wildman–Crippen MR) is 101 cm³/mol. The normalized spacial score (nSPS) is 22.6. The molecule has 6 heteroatoms. The van der Waals surface area contributed by atoms with Gasteiger partial charge in [0.1, 0.15) is 5.69 Å². The molecule has 0 fully saturated rings. The molecule has 25 heavy (non-hydrogen) atoms. The van der Waals surface area contributed by atoms with E-state index in [1.54, 1.807) is 0 Å². The van der Waals surface area contributed by atoms with E-state index in [4.69, 9.17) is 11.6 Å². The van der Waals surface area contributed by atoms with E-state index in [0.717, 1.165) is 40.2 Å². The molecule has 0 bridgehead atoms. The summed E-state index contributed by atoms with van der Waals surface area (Å²) in [7, 11) is 0. The van der Waals surface area contributed by atoms with Gasteiger partial charge >= 0.3 is 5.17 Å². The van der Waals surface area contributed by atoms with Crippen LogP contribution >= 0.6 is 23.4 Å². The number of thioether (sulfide) groups is 1. The summed E-state index contributed by atoms with van der Waals surface area (Å²) >= 11 is 7.85. The van der Waals surface area contributed by atoms with Gasteiger partial charge in [-0.1, -0.05) is 41.4 Å². The number of rotatable bonds is 2. The fraction of sp³-hybridized carbons (Fsp3) is 0.316. The minimum absolute atomic E-state index is 0. The highest BCUT2D eigenvalue weighted by Crippen LogP contribution is 2.37. The van der Waals surface area contributed by atoms with Crippen molar-refractivity contribution in [2.45, 2.75) is 19.1 Å². The number of β-amino-alcohol motifs (C(OH)–C–C–N with tert-alkyl or cyclic N) is 1. The summed E-state index contributed by atoms with van der Waals surface area (Å²) in [5.41, 5.74) is 2.23. The van der Waals surface area contributed by atoms with Crippen LogP contribution in [-0.2, 0) is 5.72 Å². The number of hydrogen-bond donors (Lipinski definition) is 1. The minimum Gasteiger partial charge on any atom is -1.00 e. The van der Waals surface area contributed by atoms with Gasteiger partial charge in [0.2, 0.25) is 0 Å². The Bertz CT molecular complexity index is 794. The molecular formula is C19H20BrClN2OS. The number of halogens is 2. The van der Waals surface area contributed by atoms with Crippen molar-refractivity contribution in [2.24, 2.45) is 0 Å². The standard InChI is InChI=1S/C19H20ClN2OS.BrH/c1-14-3-5-15(6-4-14)19(23)13-21(17-9-7-16(20)8-10-17)18-22(19)11-2-12-24-18;/h3-10,23H,2,11-13H2,1H3;1H/q+1;/p-1. The zero-order chi connectivity index (χ0) is 16.7. The maximum atomic E-state index is 11.6. The van der Waals surface area contributed by atoms with Gasteiger partial charge in [0.05, 0.1) is 6.54 Å². The van der Waals surface area contributed by atoms with E-state index in [1.165, 1.54) is 5.56 Å². The Kier molecular flexibility index (Phi) is 5.49. The monoisotopic (exact) mass is 438 g/mol. The van der Waals surface area contributed by atoms with Crippen LogP contribution in [0.2, 0.25) is 5.02 Å². The molecule has 0 amide bonds. The molecule has 1 N–H and O–H groups in total. The SMILES string of the molecule is Cc1ccc(C2(O)CN(c3ccc(Cl)cc3)C3=[N+]2CCCS3)cc1.[Br-]. The van der Waals surface area contributed by atoms with Gasteiger partial charge in [-0.15, -0.1) is 0 Å². The quantitative estimate of drug-likeness (QED) is 0.702. The van der Waals surface area contributed by atoms with Gasteiger partial charge in [-0.05, 0) is 49.4 Å². The highest BCUT2D eigenvalue weighted by molar-refractivity contribution is 8.13. The molecule has 4 rings (SSSR count). The Labute approximate surface area is 168 Å². The summed E-state index contributed by atoms with van der Waals surface area (Å²) in [6, 6.07) is 16.0. The molecule has 2 aromatic rings. The molecule has 0 saturated heterocycles. The summed E-state index contributed by atoms with van der Waals surface area (Å²) in [4.78, 5) is 2.21. The Balaban J connectivity index is 0.00000182. The summed E-state index contributed by atoms with van der Waals surface area (Å²) in [6.45, 7) is 3.47. The largest absolute Gasteiger partial charge is 1.00 e. The third-order valence-corrected chi connectivity index (χ3v) is 6.14. The van der Waals surface area contributed by atoms with Gasteiger partial charge in [0.15, 0.2) is 6.54 Å². The average Bonchev–Trinajstić information content (AvgIpc) is 2.91. The van der Waals surface area contributed by atoms with Crippen molar-refractivity contribution in [3.63, 3.8) is 0 Å². The van der Waals surface area contributed by atoms with Crippen molar-refractivity contribution in [3.05, 3.63) is 64.7 Å². The Morgan fingerprint density at radius 2 is 1.80 bits per heavy atom. The average molecular weight is 440 g/mol. The minimum atomic E-state index is -0.990. The number of nitrogens with zero attached hydrogens (tertiary/aromatic N) is 2. The first-order valence-electron chi connectivity index (χ1n) is 8.18. The van der Waals surface area contributed by atoms with E-state index in [0.29, 0.717) is 6.54 Å². The van der Waals surface area contributed by atoms with Crippen LogP contribution in [0.1, 0.15) is 17.5 Å². The fourth-order valence-corrected chi connectivity index (χ4v) is 4.70. The first-order chi connectivity index (χ1) is 11.6. The number of aliphatic hydroxyl groups is 1. The van der Waals surface area contributed by atoms with Crippen LogP contribution in [0.25, 0.3) is 0 Å². The predicted octanol–water partition coefficient (Wildman–Crippen LogP) is 0.823. The lowest BCUT2D eigenvalue weighted by Gasteiger charge is -2.24. The maximum Gasteiger partial charge on any atom is 0.316 e. The van der Waals surface area contributed by atoms with Crippen LogP contribution in [0.5, 0.6) is 0 Å². The second kappa shape index (κ2) is 7.31. The lowest BCUT2D eigenvalue weighted by Crippen LogP contribution is -3.00. The van der Waals surface area contributed by atoms with Crippen molar-refractivity contribution in [3.8, 4) is 0 Å². The molecule has 0 spiro atoms. The van der Waals surface area contributed by atoms with E-state index in [9.17, 15) is 5.11 Å². The molecule has 2 aliphatic heterocycles. The molecule has 2 heterocycles. The van der Waals surface area contributed by atoms with Crippen molar-refractivity contribution >= 4 is 34.2 Å². The Morgan fingerprint density at radius 1 is 1.12 bits per heavy atom. The molecule has 1 unspecified atom stereocenters. The Morgan fingerprint density at radius 3 is 2.48 bits per heavy atom. The van der Waals surface area contributed by atoms with E-state index < -0.39 is 5.72 Å². The summed E-state index contributed by atoms with van der Waals surface area (Å²) in [5, 5.41) is 13.4. The van der Waals surface area contributed by atoms with Gasteiger partial charge in [-0.2, -0.15) is 0 Å². The maximum absolute atomic E-state index is 11.6. The van der Waals surface area contributed by atoms with Crippen LogP contribution in [0.15, 0.2) is 48.5 Å². The molecule has 3 nitrogen and oxygen atoms in total. The van der Waals surface area contributed by atoms with E-state index in [2.05, 4.69) is 28.5 Å². The Hall–Kier alpha value is -1.01. The number of aryl methyl sites for hydroxylation is 1. The zero-order valence-corrected chi connectivity index (χ0v) is 17.1. The molecule has 1 atom stereocenters. The van der Waals surface area contributed by atoms with Crippen LogP contribution < -0.4 is 21.9 Å². The van der Waals surface area contributed by atoms with Gasteiger partial charge in [-0.25, -0.2) is 9.48 Å². The first kappa shape index (κ1) is 18.8. The van der Waals surface area contributed by atoms with E-state index in [-0.39, 0.29) is 17.0 Å². The number of benzene rings is 2. The lowest BCUT2D eigenvalue weighted by molar-refractivity contribution is -0.656. The van der Waals surface area contributed by atoms with E-state index >= 15 is 0 Å². The molecule has 132 valence electrons. The molecule has 0 saturated carbocycles. The second-order valence-electron chi connectivity index (χ2n) is 6.38. The molecule has 0 radical (unpaired) electrons. The number of hydrogen-bond acceptors (Lipinski definition) is 3. The van der Waals surface area contributed by atoms with Gasteiger partial charge in [0, 0.05) is 16.3 Å². The van der Waals surface area contributed by atoms with Gasteiger partial charge in [-0.3, -0.25) is 0 Å². The van der Waals surface area contributed by atoms with Crippen LogP contribution in [0.3, 0.4) is 0 Å². The smallest absolute Gasteiger partial charge is 0.316 e. The summed E-state index contributed by atoms with van der Waals surface area (Å²) < 4.78 is 2.15. The zero-order valence-electron chi connectivity index (χ0n) is 14.0. The number of amidine groups is 1. The molecule has 0 aromatic heterocycles. The van der Waals surface area contributed by atoms with Crippen molar-refractivity contribution < 1.29 is 26.7 Å². The van der Waals surface area contributed by atoms with Crippen molar-refractivity contribution in [1.29, 1.82) is 0 Å². The lowest BCUT2D eigenvalue weighted by atomic mass is 10.0.